The molecule has 3 aromatic rings. The molecule has 0 spiro atoms. The van der Waals surface area contributed by atoms with E-state index in [4.69, 9.17) is 53.2 Å². The van der Waals surface area contributed by atoms with Crippen molar-refractivity contribution in [1.82, 2.24) is 0 Å². The monoisotopic (exact) mass is 1150 g/mol. The van der Waals surface area contributed by atoms with E-state index >= 15 is 0 Å². The number of benzene rings is 3. The third-order valence-electron chi connectivity index (χ3n) is 12.8. The largest absolute Gasteiger partial charge is 0.490 e. The summed E-state index contributed by atoms with van der Waals surface area (Å²) in [5.74, 6) is 1.94. The van der Waals surface area contributed by atoms with Crippen molar-refractivity contribution in [2.75, 3.05) is 52.9 Å². The highest BCUT2D eigenvalue weighted by molar-refractivity contribution is 5.71. The first kappa shape index (κ1) is 74.3. The number of esters is 5. The summed E-state index contributed by atoms with van der Waals surface area (Å²) in [6.07, 6.45) is 14.7. The van der Waals surface area contributed by atoms with Crippen molar-refractivity contribution in [2.24, 2.45) is 0 Å². The summed E-state index contributed by atoms with van der Waals surface area (Å²) in [5.41, 5.74) is 10.3. The van der Waals surface area contributed by atoms with Crippen LogP contribution in [0.5, 0.6) is 17.2 Å². The second kappa shape index (κ2) is 44.8. The van der Waals surface area contributed by atoms with E-state index in [2.05, 4.69) is 57.2 Å². The van der Waals surface area contributed by atoms with Crippen LogP contribution in [0.4, 0.5) is 0 Å². The summed E-state index contributed by atoms with van der Waals surface area (Å²) in [6.45, 7) is 26.7. The van der Waals surface area contributed by atoms with Gasteiger partial charge < -0.3 is 53.2 Å². The van der Waals surface area contributed by atoms with Crippen LogP contribution in [0.15, 0.2) is 36.4 Å². The van der Waals surface area contributed by atoms with E-state index in [-0.39, 0.29) is 55.3 Å². The zero-order valence-corrected chi connectivity index (χ0v) is 52.1. The zero-order chi connectivity index (χ0) is 61.2. The topological polar surface area (TPSA) is 220 Å². The fourth-order valence-electron chi connectivity index (χ4n) is 8.96. The zero-order valence-electron chi connectivity index (χ0n) is 52.1. The lowest BCUT2D eigenvalue weighted by atomic mass is 10.1. The van der Waals surface area contributed by atoms with Crippen LogP contribution in [-0.2, 0) is 47.7 Å². The Bertz CT molecular complexity index is 2180. The predicted molar refractivity (Wildman–Crippen MR) is 321 cm³/mol. The van der Waals surface area contributed by atoms with Gasteiger partial charge in [-0.05, 0) is 200 Å². The number of rotatable bonds is 27. The standard InChI is InChI=1S/C24H38O6.C18H28O4.C12H18O2.2C6H10O2/c1-18-15-19(2)24(20(3)16-18)29-17-21(4)30-23(27)12-8-6-10-14-28-22(26)11-7-5-9-13-25;1-13-10-14(2)18(15(3)11-13)21-12-16(4)22-17(20)8-6-5-7-9-19;1-8-5-9(2)12(10(3)6-8)14-7-11(4)13;2*7-6-4-2-1-3-5-8-6/h15-16,21,25H,5-14,17H2,1-4H3;10-11,16,19H,5-9,12H2,1-4H3;5-6,11,13H,7H2,1-4H3;2*1-5H2. The highest BCUT2D eigenvalue weighted by Crippen LogP contribution is 2.27. The van der Waals surface area contributed by atoms with E-state index in [0.29, 0.717) is 78.2 Å². The van der Waals surface area contributed by atoms with E-state index in [0.717, 1.165) is 141 Å². The third-order valence-corrected chi connectivity index (χ3v) is 12.8. The van der Waals surface area contributed by atoms with Crippen LogP contribution in [0, 0.1) is 62.3 Å². The molecule has 2 saturated heterocycles. The first-order valence-corrected chi connectivity index (χ1v) is 29.9. The van der Waals surface area contributed by atoms with Crippen LogP contribution in [0.1, 0.15) is 199 Å². The second-order valence-corrected chi connectivity index (χ2v) is 21.7. The Kier molecular flexibility index (Phi) is 40.6. The summed E-state index contributed by atoms with van der Waals surface area (Å²) in [7, 11) is 0. The molecule has 2 fully saturated rings. The van der Waals surface area contributed by atoms with Gasteiger partial charge in [0.2, 0.25) is 0 Å². The van der Waals surface area contributed by atoms with Gasteiger partial charge in [-0.1, -0.05) is 65.9 Å². The van der Waals surface area contributed by atoms with Crippen LogP contribution in [0.25, 0.3) is 0 Å². The molecule has 2 heterocycles. The summed E-state index contributed by atoms with van der Waals surface area (Å²) >= 11 is 0. The maximum absolute atomic E-state index is 12.0. The van der Waals surface area contributed by atoms with Crippen LogP contribution >= 0.6 is 0 Å². The van der Waals surface area contributed by atoms with Crippen molar-refractivity contribution in [1.29, 1.82) is 0 Å². The van der Waals surface area contributed by atoms with Gasteiger partial charge in [-0.3, -0.25) is 24.0 Å². The molecule has 0 aliphatic carbocycles. The Morgan fingerprint density at radius 1 is 0.451 bits per heavy atom. The minimum Gasteiger partial charge on any atom is -0.490 e. The average molecular weight is 1150 g/mol. The van der Waals surface area contributed by atoms with Crippen LogP contribution < -0.4 is 14.2 Å². The van der Waals surface area contributed by atoms with Crippen LogP contribution in [0.2, 0.25) is 0 Å². The molecule has 16 nitrogen and oxygen atoms in total. The summed E-state index contributed by atoms with van der Waals surface area (Å²) in [6, 6.07) is 12.5. The Balaban J connectivity index is 0.000000560. The molecular weight excluding hydrogens is 1050 g/mol. The number of aryl methyl sites for hydroxylation is 9. The molecule has 5 rings (SSSR count). The molecule has 82 heavy (non-hydrogen) atoms. The molecule has 464 valence electrons. The Labute approximate surface area is 491 Å². The highest BCUT2D eigenvalue weighted by Gasteiger charge is 2.15. The minimum absolute atomic E-state index is 0.0255. The van der Waals surface area contributed by atoms with Gasteiger partial charge in [0.05, 0.1) is 25.9 Å². The molecule has 3 atom stereocenters. The van der Waals surface area contributed by atoms with Gasteiger partial charge in [-0.2, -0.15) is 0 Å². The molecule has 16 heteroatoms. The lowest BCUT2D eigenvalue weighted by Gasteiger charge is -2.17. The summed E-state index contributed by atoms with van der Waals surface area (Å²) in [5, 5.41) is 26.5. The number of unbranched alkanes of at least 4 members (excludes halogenated alkanes) is 6. The quantitative estimate of drug-likeness (QED) is 0.0367. The van der Waals surface area contributed by atoms with Gasteiger partial charge in [0.25, 0.3) is 0 Å². The van der Waals surface area contributed by atoms with Crippen molar-refractivity contribution >= 4 is 29.8 Å². The minimum atomic E-state index is -0.421. The lowest BCUT2D eigenvalue weighted by Crippen LogP contribution is -2.22. The van der Waals surface area contributed by atoms with Crippen molar-refractivity contribution in [3.05, 3.63) is 86.5 Å². The highest BCUT2D eigenvalue weighted by atomic mass is 16.6. The molecule has 3 N–H and O–H groups in total. The fraction of sp³-hybridized carbons (Fsp3) is 0.652. The smallest absolute Gasteiger partial charge is 0.306 e. The number of cyclic esters (lactones) is 2. The predicted octanol–water partition coefficient (Wildman–Crippen LogP) is 12.6. The van der Waals surface area contributed by atoms with Gasteiger partial charge in [0.15, 0.2) is 0 Å². The number of carbonyl (C=O) groups excluding carboxylic acids is 5. The first-order chi connectivity index (χ1) is 39.1. The first-order valence-electron chi connectivity index (χ1n) is 29.9. The number of ether oxygens (including phenoxy) is 8. The number of aliphatic hydroxyl groups excluding tert-OH is 3. The maximum Gasteiger partial charge on any atom is 0.306 e. The molecule has 0 amide bonds. The molecule has 3 aromatic carbocycles. The second-order valence-electron chi connectivity index (χ2n) is 21.7. The summed E-state index contributed by atoms with van der Waals surface area (Å²) < 4.78 is 42.7. The van der Waals surface area contributed by atoms with E-state index in [9.17, 15) is 24.0 Å². The van der Waals surface area contributed by atoms with Crippen LogP contribution in [0.3, 0.4) is 0 Å². The van der Waals surface area contributed by atoms with Crippen molar-refractivity contribution in [2.45, 2.75) is 230 Å². The molecule has 3 unspecified atom stereocenters. The SMILES string of the molecule is Cc1cc(C)c(OCC(C)O)c(C)c1.Cc1cc(C)c(OCC(C)OC(=O)CCCCCO)c(C)c1.Cc1cc(C)c(OCC(C)OC(=O)CCCCCOC(=O)CCCCCO)c(C)c1.O=C1CCCCCO1.O=C1CCCCCO1. The molecule has 0 radical (unpaired) electrons. The molecule has 2 aliphatic heterocycles. The van der Waals surface area contributed by atoms with Gasteiger partial charge in [-0.25, -0.2) is 0 Å². The Morgan fingerprint density at radius 3 is 1.12 bits per heavy atom. The van der Waals surface area contributed by atoms with Gasteiger partial charge >= 0.3 is 29.8 Å². The van der Waals surface area contributed by atoms with Crippen LogP contribution in [-0.4, -0.2) is 116 Å². The molecule has 0 bridgehead atoms. The van der Waals surface area contributed by atoms with Gasteiger partial charge in [0, 0.05) is 45.3 Å². The number of hydrogen-bond donors (Lipinski definition) is 3. The van der Waals surface area contributed by atoms with Gasteiger partial charge in [0.1, 0.15) is 49.3 Å². The van der Waals surface area contributed by atoms with Crippen molar-refractivity contribution in [3.8, 4) is 17.2 Å². The molecule has 0 aromatic heterocycles. The summed E-state index contributed by atoms with van der Waals surface area (Å²) in [4.78, 5) is 56.1. The number of aliphatic hydroxyl groups is 3. The molecule has 2 aliphatic rings. The van der Waals surface area contributed by atoms with Crippen molar-refractivity contribution in [3.63, 3.8) is 0 Å². The lowest BCUT2D eigenvalue weighted by molar-refractivity contribution is -0.150. The van der Waals surface area contributed by atoms with Crippen molar-refractivity contribution < 1.29 is 77.2 Å². The number of hydrogen-bond acceptors (Lipinski definition) is 16. The molecule has 0 saturated carbocycles. The fourth-order valence-corrected chi connectivity index (χ4v) is 8.96. The van der Waals surface area contributed by atoms with Gasteiger partial charge in [-0.15, -0.1) is 0 Å². The number of carbonyl (C=O) groups is 5. The molecular formula is C66H104O16. The Morgan fingerprint density at radius 2 is 0.780 bits per heavy atom. The Hall–Kier alpha value is -5.71. The normalized spacial score (nSPS) is 13.9. The van der Waals surface area contributed by atoms with E-state index in [1.165, 1.54) is 16.7 Å². The van der Waals surface area contributed by atoms with E-state index in [1.807, 2.05) is 55.4 Å². The van der Waals surface area contributed by atoms with E-state index in [1.54, 1.807) is 6.92 Å². The third kappa shape index (κ3) is 36.7. The maximum atomic E-state index is 12.0. The average Bonchev–Trinajstić information content (AvgIpc) is 3.84. The van der Waals surface area contributed by atoms with E-state index < -0.39 is 6.10 Å².